The molecule has 5 nitrogen and oxygen atoms in total. The van der Waals surface area contributed by atoms with Crippen molar-refractivity contribution in [2.24, 2.45) is 0 Å². The summed E-state index contributed by atoms with van der Waals surface area (Å²) in [7, 11) is 0. The van der Waals surface area contributed by atoms with Gasteiger partial charge in [0.05, 0.1) is 5.56 Å². The van der Waals surface area contributed by atoms with Crippen LogP contribution in [0.4, 0.5) is 0 Å². The van der Waals surface area contributed by atoms with Crippen molar-refractivity contribution in [1.29, 1.82) is 0 Å². The SMILES string of the molecule is O=C(O)[C@H]1CCCN1C(=O)c1coc(Br)c1. The Morgan fingerprint density at radius 3 is 2.88 bits per heavy atom. The lowest BCUT2D eigenvalue weighted by Crippen LogP contribution is -2.40. The summed E-state index contributed by atoms with van der Waals surface area (Å²) in [6.45, 7) is 0.485. The Morgan fingerprint density at radius 2 is 2.31 bits per heavy atom. The summed E-state index contributed by atoms with van der Waals surface area (Å²) in [4.78, 5) is 24.3. The monoisotopic (exact) mass is 287 g/mol. The zero-order chi connectivity index (χ0) is 11.7. The topological polar surface area (TPSA) is 70.8 Å². The fourth-order valence-electron chi connectivity index (χ4n) is 1.85. The number of hydrogen-bond donors (Lipinski definition) is 1. The Hall–Kier alpha value is -1.30. The second-order valence-corrected chi connectivity index (χ2v) is 4.42. The highest BCUT2D eigenvalue weighted by Crippen LogP contribution is 2.22. The van der Waals surface area contributed by atoms with Gasteiger partial charge in [-0.2, -0.15) is 0 Å². The molecule has 1 amide bonds. The number of carbonyl (C=O) groups excluding carboxylic acids is 1. The molecule has 86 valence electrons. The molecule has 0 aromatic carbocycles. The van der Waals surface area contributed by atoms with Crippen molar-refractivity contribution in [3.8, 4) is 0 Å². The smallest absolute Gasteiger partial charge is 0.326 e. The maximum Gasteiger partial charge on any atom is 0.326 e. The predicted octanol–water partition coefficient (Wildman–Crippen LogP) is 1.73. The number of carboxylic acid groups (broad SMARTS) is 1. The van der Waals surface area contributed by atoms with E-state index in [1.54, 1.807) is 6.07 Å². The van der Waals surface area contributed by atoms with E-state index >= 15 is 0 Å². The third-order valence-electron chi connectivity index (χ3n) is 2.61. The average molecular weight is 288 g/mol. The van der Waals surface area contributed by atoms with Crippen LogP contribution in [0.15, 0.2) is 21.4 Å². The molecule has 6 heteroatoms. The van der Waals surface area contributed by atoms with Gasteiger partial charge in [0.25, 0.3) is 5.91 Å². The highest BCUT2D eigenvalue weighted by Gasteiger charge is 2.34. The number of rotatable bonds is 2. The largest absolute Gasteiger partial charge is 0.480 e. The van der Waals surface area contributed by atoms with Crippen LogP contribution in [0.25, 0.3) is 0 Å². The normalized spacial score (nSPS) is 20.1. The standard InChI is InChI=1S/C10H10BrNO4/c11-8-4-6(5-16-8)9(13)12-3-1-2-7(12)10(14)15/h4-5,7H,1-3H2,(H,14,15)/t7-/m1/s1. The highest BCUT2D eigenvalue weighted by atomic mass is 79.9. The molecule has 1 saturated heterocycles. The van der Waals surface area contributed by atoms with Gasteiger partial charge < -0.3 is 14.4 Å². The zero-order valence-corrected chi connectivity index (χ0v) is 9.94. The van der Waals surface area contributed by atoms with Crippen molar-refractivity contribution >= 4 is 27.8 Å². The summed E-state index contributed by atoms with van der Waals surface area (Å²) < 4.78 is 5.42. The summed E-state index contributed by atoms with van der Waals surface area (Å²) >= 11 is 3.10. The summed E-state index contributed by atoms with van der Waals surface area (Å²) in [6.07, 6.45) is 2.56. The summed E-state index contributed by atoms with van der Waals surface area (Å²) in [5, 5.41) is 8.96. The third-order valence-corrected chi connectivity index (χ3v) is 3.03. The third kappa shape index (κ3) is 1.97. The van der Waals surface area contributed by atoms with Crippen molar-refractivity contribution in [3.05, 3.63) is 22.6 Å². The van der Waals surface area contributed by atoms with Crippen molar-refractivity contribution in [2.75, 3.05) is 6.54 Å². The summed E-state index contributed by atoms with van der Waals surface area (Å²) in [5.41, 5.74) is 0.375. The first-order chi connectivity index (χ1) is 7.59. The molecule has 0 spiro atoms. The van der Waals surface area contributed by atoms with E-state index in [9.17, 15) is 9.59 Å². The van der Waals surface area contributed by atoms with Crippen LogP contribution in [0.2, 0.25) is 0 Å². The van der Waals surface area contributed by atoms with Crippen molar-refractivity contribution in [2.45, 2.75) is 18.9 Å². The van der Waals surface area contributed by atoms with Gasteiger partial charge in [-0.25, -0.2) is 4.79 Å². The molecular weight excluding hydrogens is 278 g/mol. The van der Waals surface area contributed by atoms with Crippen molar-refractivity contribution < 1.29 is 19.1 Å². The van der Waals surface area contributed by atoms with Crippen LogP contribution in [0, 0.1) is 0 Å². The Bertz CT molecular complexity index is 428. The number of nitrogens with zero attached hydrogens (tertiary/aromatic N) is 1. The lowest BCUT2D eigenvalue weighted by Gasteiger charge is -2.20. The van der Waals surface area contributed by atoms with Crippen molar-refractivity contribution in [3.63, 3.8) is 0 Å². The molecule has 1 aromatic rings. The van der Waals surface area contributed by atoms with Gasteiger partial charge in [0.1, 0.15) is 12.3 Å². The number of aliphatic carboxylic acids is 1. The van der Waals surface area contributed by atoms with E-state index in [1.165, 1.54) is 11.2 Å². The number of hydrogen-bond acceptors (Lipinski definition) is 3. The van der Waals surface area contributed by atoms with Gasteiger partial charge in [-0.05, 0) is 28.8 Å². The Kier molecular flexibility index (Phi) is 3.00. The van der Waals surface area contributed by atoms with E-state index < -0.39 is 12.0 Å². The number of carboxylic acids is 1. The zero-order valence-electron chi connectivity index (χ0n) is 8.35. The van der Waals surface area contributed by atoms with Gasteiger partial charge in [-0.3, -0.25) is 4.79 Å². The van der Waals surface area contributed by atoms with Gasteiger partial charge in [0, 0.05) is 12.6 Å². The molecule has 1 aliphatic heterocycles. The number of likely N-dealkylation sites (tertiary alicyclic amines) is 1. The maximum absolute atomic E-state index is 12.0. The lowest BCUT2D eigenvalue weighted by atomic mass is 10.2. The molecule has 2 heterocycles. The minimum absolute atomic E-state index is 0.292. The van der Waals surface area contributed by atoms with Crippen LogP contribution in [-0.4, -0.2) is 34.5 Å². The highest BCUT2D eigenvalue weighted by molar-refractivity contribution is 9.10. The molecule has 16 heavy (non-hydrogen) atoms. The Morgan fingerprint density at radius 1 is 1.56 bits per heavy atom. The molecule has 0 unspecified atom stereocenters. The van der Waals surface area contributed by atoms with Gasteiger partial charge in [-0.15, -0.1) is 0 Å². The van der Waals surface area contributed by atoms with Crippen LogP contribution >= 0.6 is 15.9 Å². The van der Waals surface area contributed by atoms with E-state index in [2.05, 4.69) is 15.9 Å². The molecule has 1 fully saturated rings. The Labute approximate surface area is 100 Å². The average Bonchev–Trinajstić information content (AvgIpc) is 2.84. The van der Waals surface area contributed by atoms with E-state index in [-0.39, 0.29) is 5.91 Å². The van der Waals surface area contributed by atoms with E-state index in [4.69, 9.17) is 9.52 Å². The molecule has 0 saturated carbocycles. The minimum atomic E-state index is -0.951. The first-order valence-electron chi connectivity index (χ1n) is 4.87. The van der Waals surface area contributed by atoms with Crippen LogP contribution in [-0.2, 0) is 4.79 Å². The van der Waals surface area contributed by atoms with Crippen LogP contribution in [0.1, 0.15) is 23.2 Å². The number of furan rings is 1. The molecule has 1 atom stereocenters. The maximum atomic E-state index is 12.0. The molecule has 1 N–H and O–H groups in total. The lowest BCUT2D eigenvalue weighted by molar-refractivity contribution is -0.141. The second kappa shape index (κ2) is 4.29. The van der Waals surface area contributed by atoms with E-state index in [0.717, 1.165) is 6.42 Å². The Balaban J connectivity index is 2.18. The first-order valence-corrected chi connectivity index (χ1v) is 5.66. The van der Waals surface area contributed by atoms with Gasteiger partial charge in [-0.1, -0.05) is 0 Å². The molecular formula is C10H10BrNO4. The molecule has 2 rings (SSSR count). The predicted molar refractivity (Wildman–Crippen MR) is 58.1 cm³/mol. The van der Waals surface area contributed by atoms with E-state index in [0.29, 0.717) is 23.2 Å². The van der Waals surface area contributed by atoms with Crippen LogP contribution in [0.3, 0.4) is 0 Å². The fraction of sp³-hybridized carbons (Fsp3) is 0.400. The second-order valence-electron chi connectivity index (χ2n) is 3.63. The van der Waals surface area contributed by atoms with E-state index in [1.807, 2.05) is 0 Å². The molecule has 0 aliphatic carbocycles. The molecule has 1 aliphatic rings. The molecule has 1 aromatic heterocycles. The van der Waals surface area contributed by atoms with Crippen LogP contribution < -0.4 is 0 Å². The summed E-state index contributed by atoms with van der Waals surface area (Å²) in [6, 6.07) is 0.834. The number of carbonyl (C=O) groups is 2. The fourth-order valence-corrected chi connectivity index (χ4v) is 2.19. The minimum Gasteiger partial charge on any atom is -0.480 e. The van der Waals surface area contributed by atoms with Gasteiger partial charge >= 0.3 is 5.97 Å². The van der Waals surface area contributed by atoms with Crippen LogP contribution in [0.5, 0.6) is 0 Å². The number of amides is 1. The molecule has 0 bridgehead atoms. The number of halogens is 1. The quantitative estimate of drug-likeness (QED) is 0.899. The van der Waals surface area contributed by atoms with Gasteiger partial charge in [0.2, 0.25) is 0 Å². The van der Waals surface area contributed by atoms with Gasteiger partial charge in [0.15, 0.2) is 4.67 Å². The molecule has 0 radical (unpaired) electrons. The summed E-state index contributed by atoms with van der Waals surface area (Å²) in [5.74, 6) is -1.24. The van der Waals surface area contributed by atoms with Crippen molar-refractivity contribution in [1.82, 2.24) is 4.90 Å². The first kappa shape index (κ1) is 11.2.